The summed E-state index contributed by atoms with van der Waals surface area (Å²) in [6.07, 6.45) is 0. The summed E-state index contributed by atoms with van der Waals surface area (Å²) in [5, 5.41) is 0. The predicted octanol–water partition coefficient (Wildman–Crippen LogP) is 3.33. The van der Waals surface area contributed by atoms with Crippen molar-refractivity contribution in [3.8, 4) is 0 Å². The number of nitrogens with one attached hydrogen (secondary N) is 1. The van der Waals surface area contributed by atoms with E-state index in [1.54, 1.807) is 0 Å². The summed E-state index contributed by atoms with van der Waals surface area (Å²) in [4.78, 5) is 0. The van der Waals surface area contributed by atoms with Crippen LogP contribution in [0.1, 0.15) is 33.3 Å². The number of hydrazine groups is 1. The van der Waals surface area contributed by atoms with Crippen LogP contribution in [0.15, 0.2) is 24.3 Å². The van der Waals surface area contributed by atoms with Crippen molar-refractivity contribution in [2.75, 3.05) is 5.43 Å². The summed E-state index contributed by atoms with van der Waals surface area (Å²) in [6.45, 7) is 10.0. The molecule has 0 aromatic heterocycles. The van der Waals surface area contributed by atoms with Gasteiger partial charge in [-0.3, -0.25) is 5.84 Å². The molecule has 0 saturated heterocycles. The van der Waals surface area contributed by atoms with E-state index in [0.29, 0.717) is 0 Å². The molecule has 0 unspecified atom stereocenters. The van der Waals surface area contributed by atoms with Gasteiger partial charge in [-0.2, -0.15) is 0 Å². The summed E-state index contributed by atoms with van der Waals surface area (Å²) in [7, 11) is 0. The highest BCUT2D eigenvalue weighted by atomic mass is 15.2. The minimum Gasteiger partial charge on any atom is -0.324 e. The number of hydrogen-bond acceptors (Lipinski definition) is 2. The Bertz CT molecular complexity index is 197. The Morgan fingerprint density at radius 1 is 1.08 bits per heavy atom. The molecule has 0 aliphatic heterocycles. The van der Waals surface area contributed by atoms with Crippen LogP contribution < -0.4 is 11.3 Å². The van der Waals surface area contributed by atoms with Gasteiger partial charge in [0.25, 0.3) is 0 Å². The standard InChI is InChI=1S/C7H10N2.2C2H6/c1-6-3-2-4-7(5-6)9-8;2*1-2/h2-5,9H,8H2,1H3;2*1-2H3. The van der Waals surface area contributed by atoms with Gasteiger partial charge in [-0.05, 0) is 24.6 Å². The van der Waals surface area contributed by atoms with Crippen molar-refractivity contribution in [2.24, 2.45) is 5.84 Å². The van der Waals surface area contributed by atoms with E-state index in [4.69, 9.17) is 5.84 Å². The molecule has 0 atom stereocenters. The fourth-order valence-corrected chi connectivity index (χ4v) is 0.735. The molecule has 0 saturated carbocycles. The van der Waals surface area contributed by atoms with Gasteiger partial charge < -0.3 is 5.43 Å². The number of anilines is 1. The van der Waals surface area contributed by atoms with E-state index >= 15 is 0 Å². The van der Waals surface area contributed by atoms with Crippen LogP contribution in [-0.2, 0) is 0 Å². The van der Waals surface area contributed by atoms with Crippen LogP contribution in [0, 0.1) is 6.92 Å². The van der Waals surface area contributed by atoms with Crippen molar-refractivity contribution >= 4 is 5.69 Å². The molecule has 2 heteroatoms. The maximum atomic E-state index is 5.17. The Labute approximate surface area is 82.1 Å². The van der Waals surface area contributed by atoms with E-state index in [1.807, 2.05) is 58.9 Å². The third-order valence-corrected chi connectivity index (χ3v) is 1.18. The normalized spacial score (nSPS) is 7.23. The summed E-state index contributed by atoms with van der Waals surface area (Å²) < 4.78 is 0. The van der Waals surface area contributed by atoms with E-state index in [9.17, 15) is 0 Å². The van der Waals surface area contributed by atoms with Crippen LogP contribution in [0.4, 0.5) is 5.69 Å². The molecule has 0 fully saturated rings. The lowest BCUT2D eigenvalue weighted by atomic mass is 10.2. The van der Waals surface area contributed by atoms with E-state index < -0.39 is 0 Å². The van der Waals surface area contributed by atoms with Gasteiger partial charge in [0.1, 0.15) is 0 Å². The van der Waals surface area contributed by atoms with Crippen molar-refractivity contribution in [1.82, 2.24) is 0 Å². The molecule has 0 radical (unpaired) electrons. The highest BCUT2D eigenvalue weighted by molar-refractivity contribution is 5.43. The van der Waals surface area contributed by atoms with Gasteiger partial charge in [-0.25, -0.2) is 0 Å². The molecular formula is C11H22N2. The molecule has 0 aliphatic carbocycles. The second-order valence-electron chi connectivity index (χ2n) is 2.01. The number of nitrogen functional groups attached to an aromatic ring is 1. The number of benzene rings is 1. The molecule has 2 nitrogen and oxygen atoms in total. The Morgan fingerprint density at radius 3 is 1.92 bits per heavy atom. The number of nitrogens with two attached hydrogens (primary N) is 1. The fraction of sp³-hybridized carbons (Fsp3) is 0.455. The SMILES string of the molecule is CC.CC.Cc1cccc(NN)c1. The quantitative estimate of drug-likeness (QED) is 0.516. The number of hydrogen-bond donors (Lipinski definition) is 2. The van der Waals surface area contributed by atoms with Gasteiger partial charge in [0.05, 0.1) is 0 Å². The third-order valence-electron chi connectivity index (χ3n) is 1.18. The summed E-state index contributed by atoms with van der Waals surface area (Å²) in [5.41, 5.74) is 4.73. The molecule has 0 heterocycles. The molecular weight excluding hydrogens is 160 g/mol. The lowest BCUT2D eigenvalue weighted by molar-refractivity contribution is 1.33. The topological polar surface area (TPSA) is 38.0 Å². The molecule has 76 valence electrons. The first-order chi connectivity index (χ1) is 6.33. The number of rotatable bonds is 1. The first-order valence-corrected chi connectivity index (χ1v) is 4.86. The van der Waals surface area contributed by atoms with Crippen LogP contribution in [0.3, 0.4) is 0 Å². The Kier molecular flexibility index (Phi) is 12.2. The van der Waals surface area contributed by atoms with Crippen LogP contribution in [0.25, 0.3) is 0 Å². The minimum atomic E-state index is 0.954. The number of aryl methyl sites for hydroxylation is 1. The average molecular weight is 182 g/mol. The van der Waals surface area contributed by atoms with E-state index in [-0.39, 0.29) is 0 Å². The summed E-state index contributed by atoms with van der Waals surface area (Å²) >= 11 is 0. The Morgan fingerprint density at radius 2 is 1.62 bits per heavy atom. The summed E-state index contributed by atoms with van der Waals surface area (Å²) in [5.74, 6) is 5.17. The Hall–Kier alpha value is -1.02. The molecule has 1 rings (SSSR count). The van der Waals surface area contributed by atoms with Crippen molar-refractivity contribution < 1.29 is 0 Å². The molecule has 0 amide bonds. The molecule has 3 N–H and O–H groups in total. The van der Waals surface area contributed by atoms with E-state index in [2.05, 4.69) is 5.43 Å². The van der Waals surface area contributed by atoms with Gasteiger partial charge in [-0.15, -0.1) is 0 Å². The third kappa shape index (κ3) is 7.34. The second-order valence-corrected chi connectivity index (χ2v) is 2.01. The lowest BCUT2D eigenvalue weighted by Gasteiger charge is -1.98. The van der Waals surface area contributed by atoms with Crippen molar-refractivity contribution in [3.05, 3.63) is 29.8 Å². The van der Waals surface area contributed by atoms with Crippen LogP contribution in [0.5, 0.6) is 0 Å². The highest BCUT2D eigenvalue weighted by Crippen LogP contribution is 2.06. The smallest absolute Gasteiger partial charge is 0.0487 e. The highest BCUT2D eigenvalue weighted by Gasteiger charge is 1.85. The molecule has 0 bridgehead atoms. The first kappa shape index (κ1) is 14.5. The second kappa shape index (κ2) is 11.0. The van der Waals surface area contributed by atoms with Crippen LogP contribution in [-0.4, -0.2) is 0 Å². The van der Waals surface area contributed by atoms with Gasteiger partial charge in [-0.1, -0.05) is 39.8 Å². The van der Waals surface area contributed by atoms with Crippen molar-refractivity contribution in [1.29, 1.82) is 0 Å². The van der Waals surface area contributed by atoms with Gasteiger partial charge >= 0.3 is 0 Å². The van der Waals surface area contributed by atoms with E-state index in [0.717, 1.165) is 5.69 Å². The van der Waals surface area contributed by atoms with E-state index in [1.165, 1.54) is 5.56 Å². The van der Waals surface area contributed by atoms with Gasteiger partial charge in [0, 0.05) is 5.69 Å². The van der Waals surface area contributed by atoms with Crippen LogP contribution >= 0.6 is 0 Å². The molecule has 0 spiro atoms. The summed E-state index contributed by atoms with van der Waals surface area (Å²) in [6, 6.07) is 7.90. The lowest BCUT2D eigenvalue weighted by Crippen LogP contribution is -2.06. The van der Waals surface area contributed by atoms with Gasteiger partial charge in [0.15, 0.2) is 0 Å². The largest absolute Gasteiger partial charge is 0.324 e. The zero-order chi connectivity index (χ0) is 10.7. The molecule has 1 aromatic carbocycles. The van der Waals surface area contributed by atoms with Crippen molar-refractivity contribution in [2.45, 2.75) is 34.6 Å². The molecule has 13 heavy (non-hydrogen) atoms. The first-order valence-electron chi connectivity index (χ1n) is 4.86. The maximum Gasteiger partial charge on any atom is 0.0487 e. The monoisotopic (exact) mass is 182 g/mol. The van der Waals surface area contributed by atoms with Crippen molar-refractivity contribution in [3.63, 3.8) is 0 Å². The maximum absolute atomic E-state index is 5.17. The minimum absolute atomic E-state index is 0.954. The Balaban J connectivity index is 0. The zero-order valence-electron chi connectivity index (χ0n) is 9.39. The molecule has 1 aromatic rings. The van der Waals surface area contributed by atoms with Crippen LogP contribution in [0.2, 0.25) is 0 Å². The predicted molar refractivity (Wildman–Crippen MR) is 61.7 cm³/mol. The zero-order valence-corrected chi connectivity index (χ0v) is 9.39. The molecule has 0 aliphatic rings. The average Bonchev–Trinajstić information content (AvgIpc) is 2.24. The van der Waals surface area contributed by atoms with Gasteiger partial charge in [0.2, 0.25) is 0 Å². The fourth-order valence-electron chi connectivity index (χ4n) is 0.735.